The summed E-state index contributed by atoms with van der Waals surface area (Å²) in [5, 5.41) is 17.1. The minimum atomic E-state index is -0.940. The molecule has 32 heavy (non-hydrogen) atoms. The quantitative estimate of drug-likeness (QED) is 0.715. The number of carbonyl (C=O) groups is 1. The van der Waals surface area contributed by atoms with E-state index in [4.69, 9.17) is 0 Å². The molecule has 4 rings (SSSR count). The number of aliphatic hydroxyl groups is 1. The van der Waals surface area contributed by atoms with Gasteiger partial charge in [0.05, 0.1) is 29.6 Å². The Morgan fingerprint density at radius 2 is 2.22 bits per heavy atom. The van der Waals surface area contributed by atoms with Gasteiger partial charge >= 0.3 is 0 Å². The number of carbonyl (C=O) groups excluding carboxylic acids is 1. The molecule has 2 N–H and O–H groups in total. The van der Waals surface area contributed by atoms with Crippen molar-refractivity contribution in [3.05, 3.63) is 41.6 Å². The molecule has 1 fully saturated rings. The van der Waals surface area contributed by atoms with Gasteiger partial charge in [-0.1, -0.05) is 6.08 Å². The zero-order chi connectivity index (χ0) is 23.0. The number of fused-ring (bicyclic) bond motifs is 1. The number of allylic oxidation sites excluding steroid dienone is 1. The number of amides is 1. The van der Waals surface area contributed by atoms with Crippen molar-refractivity contribution in [3.63, 3.8) is 0 Å². The van der Waals surface area contributed by atoms with Crippen LogP contribution in [0.25, 0.3) is 11.3 Å². The van der Waals surface area contributed by atoms with Crippen molar-refractivity contribution in [3.8, 4) is 11.3 Å². The molecule has 4 heterocycles. The fourth-order valence-corrected chi connectivity index (χ4v) is 4.50. The summed E-state index contributed by atoms with van der Waals surface area (Å²) >= 11 is 0. The number of piperidine rings is 1. The summed E-state index contributed by atoms with van der Waals surface area (Å²) in [6.45, 7) is 7.59. The van der Waals surface area contributed by atoms with Crippen LogP contribution >= 0.6 is 0 Å². The highest BCUT2D eigenvalue weighted by molar-refractivity contribution is 6.04. The third kappa shape index (κ3) is 4.34. The number of likely N-dealkylation sites (tertiary alicyclic amines) is 1. The van der Waals surface area contributed by atoms with Gasteiger partial charge in [0.15, 0.2) is 11.6 Å². The third-order valence-corrected chi connectivity index (χ3v) is 6.00. The Balaban J connectivity index is 1.73. The predicted octanol–water partition coefficient (Wildman–Crippen LogP) is 2.53. The Hall–Kier alpha value is -2.94. The number of pyridine rings is 1. The van der Waals surface area contributed by atoms with E-state index in [0.717, 1.165) is 25.9 Å². The Morgan fingerprint density at radius 1 is 1.44 bits per heavy atom. The molecular weight excluding hydrogens is 411 g/mol. The molecule has 1 atom stereocenters. The van der Waals surface area contributed by atoms with Crippen molar-refractivity contribution in [2.75, 3.05) is 25.0 Å². The number of nitrogens with one attached hydrogen (secondary N) is 1. The summed E-state index contributed by atoms with van der Waals surface area (Å²) in [4.78, 5) is 21.3. The summed E-state index contributed by atoms with van der Waals surface area (Å²) in [5.74, 6) is -0.530. The minimum Gasteiger partial charge on any atom is -0.389 e. The molecule has 2 aliphatic rings. The van der Waals surface area contributed by atoms with Crippen molar-refractivity contribution in [2.24, 2.45) is 0 Å². The normalized spacial score (nSPS) is 18.9. The summed E-state index contributed by atoms with van der Waals surface area (Å²) < 4.78 is 17.2. The number of anilines is 1. The van der Waals surface area contributed by atoms with Gasteiger partial charge in [0, 0.05) is 50.0 Å². The van der Waals surface area contributed by atoms with Gasteiger partial charge in [-0.05, 0) is 39.8 Å². The van der Waals surface area contributed by atoms with Gasteiger partial charge in [-0.2, -0.15) is 5.10 Å². The highest BCUT2D eigenvalue weighted by Gasteiger charge is 2.33. The van der Waals surface area contributed by atoms with Gasteiger partial charge < -0.3 is 20.2 Å². The summed E-state index contributed by atoms with van der Waals surface area (Å²) in [7, 11) is 1.87. The molecule has 2 aliphatic heterocycles. The second kappa shape index (κ2) is 8.54. The van der Waals surface area contributed by atoms with E-state index in [1.165, 1.54) is 0 Å². The van der Waals surface area contributed by atoms with Crippen LogP contribution < -0.4 is 10.2 Å². The Kier molecular flexibility index (Phi) is 5.94. The highest BCUT2D eigenvalue weighted by atomic mass is 19.1. The van der Waals surface area contributed by atoms with Crippen LogP contribution in [0.3, 0.4) is 0 Å². The van der Waals surface area contributed by atoms with Crippen LogP contribution in [0.5, 0.6) is 0 Å². The SMILES string of the molecule is CC=CN1CCCC(N(C)c2nc(-c3cnn(CC(C)(C)O)c3)c3c(c2F)CNC3=O)C1. The number of halogens is 1. The van der Waals surface area contributed by atoms with Gasteiger partial charge in [0.2, 0.25) is 0 Å². The van der Waals surface area contributed by atoms with Crippen molar-refractivity contribution in [1.82, 2.24) is 25.0 Å². The molecule has 1 saturated heterocycles. The van der Waals surface area contributed by atoms with E-state index in [1.807, 2.05) is 24.9 Å². The summed E-state index contributed by atoms with van der Waals surface area (Å²) in [6.07, 6.45) is 9.38. The van der Waals surface area contributed by atoms with Crippen LogP contribution in [0, 0.1) is 5.82 Å². The van der Waals surface area contributed by atoms with E-state index in [1.54, 1.807) is 30.9 Å². The second-order valence-electron chi connectivity index (χ2n) is 9.26. The van der Waals surface area contributed by atoms with Gasteiger partial charge in [-0.15, -0.1) is 0 Å². The lowest BCUT2D eigenvalue weighted by Gasteiger charge is -2.38. The third-order valence-electron chi connectivity index (χ3n) is 6.00. The van der Waals surface area contributed by atoms with Crippen LogP contribution in [0.4, 0.5) is 10.2 Å². The van der Waals surface area contributed by atoms with Crippen LogP contribution in [0.15, 0.2) is 24.7 Å². The fraction of sp³-hybridized carbons (Fsp3) is 0.522. The first-order valence-corrected chi connectivity index (χ1v) is 11.0. The van der Waals surface area contributed by atoms with Crippen LogP contribution in [-0.2, 0) is 13.1 Å². The number of aromatic nitrogens is 3. The van der Waals surface area contributed by atoms with Gasteiger partial charge in [0.25, 0.3) is 5.91 Å². The Labute approximate surface area is 187 Å². The smallest absolute Gasteiger partial charge is 0.254 e. The molecule has 0 saturated carbocycles. The first kappa shape index (κ1) is 22.3. The fourth-order valence-electron chi connectivity index (χ4n) is 4.50. The molecule has 0 spiro atoms. The van der Waals surface area contributed by atoms with Crippen LogP contribution in [0.1, 0.15) is 49.5 Å². The summed E-state index contributed by atoms with van der Waals surface area (Å²) in [6, 6.07) is 0.107. The lowest BCUT2D eigenvalue weighted by Crippen LogP contribution is -2.45. The average Bonchev–Trinajstić information content (AvgIpc) is 3.34. The number of hydrogen-bond acceptors (Lipinski definition) is 6. The number of hydrogen-bond donors (Lipinski definition) is 2. The van der Waals surface area contributed by atoms with Crippen molar-refractivity contribution >= 4 is 11.7 Å². The molecule has 0 bridgehead atoms. The first-order valence-electron chi connectivity index (χ1n) is 11.0. The van der Waals surface area contributed by atoms with Crippen molar-refractivity contribution < 1.29 is 14.3 Å². The van der Waals surface area contributed by atoms with Crippen LogP contribution in [-0.4, -0.2) is 62.5 Å². The molecule has 8 nitrogen and oxygen atoms in total. The molecule has 2 aromatic rings. The molecule has 9 heteroatoms. The van der Waals surface area contributed by atoms with Crippen molar-refractivity contribution in [2.45, 2.75) is 58.3 Å². The topological polar surface area (TPSA) is 86.5 Å². The second-order valence-corrected chi connectivity index (χ2v) is 9.26. The van der Waals surface area contributed by atoms with E-state index in [-0.39, 0.29) is 36.4 Å². The maximum absolute atomic E-state index is 15.5. The number of likely N-dealkylation sites (N-methyl/N-ethyl adjacent to an activating group) is 1. The number of rotatable bonds is 6. The van der Waals surface area contributed by atoms with Crippen LogP contribution in [0.2, 0.25) is 0 Å². The molecule has 0 aromatic carbocycles. The lowest BCUT2D eigenvalue weighted by molar-refractivity contribution is 0.0577. The molecule has 172 valence electrons. The molecule has 0 radical (unpaired) electrons. The van der Waals surface area contributed by atoms with E-state index < -0.39 is 11.4 Å². The molecular formula is C23H31FN6O2. The van der Waals surface area contributed by atoms with E-state index in [0.29, 0.717) is 16.8 Å². The van der Waals surface area contributed by atoms with E-state index in [2.05, 4.69) is 26.5 Å². The molecule has 1 unspecified atom stereocenters. The zero-order valence-corrected chi connectivity index (χ0v) is 19.1. The highest BCUT2D eigenvalue weighted by Crippen LogP contribution is 2.35. The van der Waals surface area contributed by atoms with E-state index >= 15 is 4.39 Å². The van der Waals surface area contributed by atoms with E-state index in [9.17, 15) is 9.90 Å². The summed E-state index contributed by atoms with van der Waals surface area (Å²) in [5.41, 5.74) is 0.710. The molecule has 1 amide bonds. The molecule has 2 aromatic heterocycles. The first-order chi connectivity index (χ1) is 15.2. The standard InChI is InChI=1S/C23H31FN6O2/c1-5-8-29-9-6-7-16(13-29)28(4)21-19(24)17-11-25-22(31)18(17)20(27-21)15-10-26-30(12-15)14-23(2,3)32/h5,8,10,12,16,32H,6-7,9,11,13-14H2,1-4H3,(H,25,31). The van der Waals surface area contributed by atoms with Crippen molar-refractivity contribution in [1.29, 1.82) is 0 Å². The monoisotopic (exact) mass is 442 g/mol. The maximum atomic E-state index is 15.5. The van der Waals surface area contributed by atoms with Gasteiger partial charge in [0.1, 0.15) is 0 Å². The Bertz CT molecular complexity index is 1040. The molecule has 0 aliphatic carbocycles. The minimum absolute atomic E-state index is 0.107. The largest absolute Gasteiger partial charge is 0.389 e. The number of nitrogens with zero attached hydrogens (tertiary/aromatic N) is 5. The van der Waals surface area contributed by atoms with Gasteiger partial charge in [-0.25, -0.2) is 9.37 Å². The zero-order valence-electron chi connectivity index (χ0n) is 19.1. The maximum Gasteiger partial charge on any atom is 0.254 e. The Morgan fingerprint density at radius 3 is 2.94 bits per heavy atom. The average molecular weight is 443 g/mol. The predicted molar refractivity (Wildman–Crippen MR) is 121 cm³/mol. The lowest BCUT2D eigenvalue weighted by atomic mass is 10.0. The van der Waals surface area contributed by atoms with Gasteiger partial charge in [-0.3, -0.25) is 9.48 Å².